The van der Waals surface area contributed by atoms with Crippen LogP contribution in [0.15, 0.2) is 30.3 Å². The Morgan fingerprint density at radius 2 is 2.06 bits per heavy atom. The van der Waals surface area contributed by atoms with Crippen LogP contribution in [0.5, 0.6) is 0 Å². The molecule has 0 radical (unpaired) electrons. The molecule has 2 rings (SSSR count). The lowest BCUT2D eigenvalue weighted by atomic mass is 10.2. The van der Waals surface area contributed by atoms with Crippen molar-refractivity contribution in [3.63, 3.8) is 0 Å². The number of ether oxygens (including phenoxy) is 3. The first-order chi connectivity index (χ1) is 7.85. The number of hydrogen-bond acceptors (Lipinski definition) is 3. The lowest BCUT2D eigenvalue weighted by Crippen LogP contribution is -2.40. The van der Waals surface area contributed by atoms with Crippen LogP contribution < -0.4 is 0 Å². The fourth-order valence-electron chi connectivity index (χ4n) is 1.84. The molecule has 0 aliphatic carbocycles. The van der Waals surface area contributed by atoms with Gasteiger partial charge in [-0.15, -0.1) is 0 Å². The van der Waals surface area contributed by atoms with Crippen LogP contribution in [0, 0.1) is 0 Å². The largest absolute Gasteiger partial charge is 0.331 e. The molecule has 0 aromatic heterocycles. The van der Waals surface area contributed by atoms with Crippen LogP contribution in [0.25, 0.3) is 0 Å². The van der Waals surface area contributed by atoms with Gasteiger partial charge >= 0.3 is 0 Å². The quantitative estimate of drug-likeness (QED) is 0.733. The van der Waals surface area contributed by atoms with E-state index in [1.165, 1.54) is 0 Å². The summed E-state index contributed by atoms with van der Waals surface area (Å²) in [7, 11) is 1.64. The zero-order valence-corrected chi connectivity index (χ0v) is 9.65. The van der Waals surface area contributed by atoms with Crippen molar-refractivity contribution in [2.45, 2.75) is 31.8 Å². The SMILES string of the molecule is COC1(OCc2ccccc2)CCCCO1. The molecule has 0 spiro atoms. The summed E-state index contributed by atoms with van der Waals surface area (Å²) in [4.78, 5) is 0. The van der Waals surface area contributed by atoms with Crippen LogP contribution in [0.1, 0.15) is 24.8 Å². The van der Waals surface area contributed by atoms with Gasteiger partial charge in [-0.1, -0.05) is 30.3 Å². The van der Waals surface area contributed by atoms with Crippen LogP contribution in [0.4, 0.5) is 0 Å². The first-order valence-corrected chi connectivity index (χ1v) is 5.72. The molecule has 1 fully saturated rings. The summed E-state index contributed by atoms with van der Waals surface area (Å²) in [5, 5.41) is 0. The summed E-state index contributed by atoms with van der Waals surface area (Å²) in [5.41, 5.74) is 1.13. The third kappa shape index (κ3) is 2.82. The molecule has 16 heavy (non-hydrogen) atoms. The van der Waals surface area contributed by atoms with Crippen LogP contribution in [0.2, 0.25) is 0 Å². The summed E-state index contributed by atoms with van der Waals surface area (Å²) in [6.07, 6.45) is 2.97. The smallest absolute Gasteiger partial charge is 0.282 e. The highest BCUT2D eigenvalue weighted by Crippen LogP contribution is 2.27. The third-order valence-corrected chi connectivity index (χ3v) is 2.81. The first-order valence-electron chi connectivity index (χ1n) is 5.72. The van der Waals surface area contributed by atoms with E-state index >= 15 is 0 Å². The highest BCUT2D eigenvalue weighted by molar-refractivity contribution is 5.13. The van der Waals surface area contributed by atoms with E-state index in [4.69, 9.17) is 14.2 Å². The predicted octanol–water partition coefficient (Wildman–Crippen LogP) is 2.70. The summed E-state index contributed by atoms with van der Waals surface area (Å²) in [6.45, 7) is 1.23. The average Bonchev–Trinajstić information content (AvgIpc) is 2.39. The molecular weight excluding hydrogens is 204 g/mol. The Hall–Kier alpha value is -0.900. The van der Waals surface area contributed by atoms with Gasteiger partial charge in [-0.25, -0.2) is 0 Å². The van der Waals surface area contributed by atoms with E-state index in [2.05, 4.69) is 0 Å². The van der Waals surface area contributed by atoms with Gasteiger partial charge in [0.15, 0.2) is 0 Å². The van der Waals surface area contributed by atoms with Crippen molar-refractivity contribution < 1.29 is 14.2 Å². The molecule has 3 nitrogen and oxygen atoms in total. The topological polar surface area (TPSA) is 27.7 Å². The molecular formula is C13H18O3. The average molecular weight is 222 g/mol. The minimum absolute atomic E-state index is 0.522. The Balaban J connectivity index is 1.92. The minimum atomic E-state index is -0.825. The Labute approximate surface area is 96.3 Å². The van der Waals surface area contributed by atoms with E-state index < -0.39 is 5.97 Å². The summed E-state index contributed by atoms with van der Waals surface area (Å²) in [6, 6.07) is 10.1. The number of hydrogen-bond donors (Lipinski definition) is 0. The normalized spacial score (nSPS) is 25.6. The molecule has 3 heteroatoms. The highest BCUT2D eigenvalue weighted by Gasteiger charge is 2.34. The van der Waals surface area contributed by atoms with Crippen molar-refractivity contribution in [1.29, 1.82) is 0 Å². The Kier molecular flexibility index (Phi) is 3.93. The standard InChI is InChI=1S/C13H18O3/c1-14-13(9-5-6-10-15-13)16-11-12-7-3-2-4-8-12/h2-4,7-8H,5-6,9-11H2,1H3. The molecule has 1 unspecified atom stereocenters. The fourth-order valence-corrected chi connectivity index (χ4v) is 1.84. The molecule has 88 valence electrons. The van der Waals surface area contributed by atoms with Gasteiger partial charge in [-0.05, 0) is 18.4 Å². The number of methoxy groups -OCH3 is 1. The summed E-state index contributed by atoms with van der Waals surface area (Å²) in [5.74, 6) is -0.825. The Morgan fingerprint density at radius 1 is 1.25 bits per heavy atom. The monoisotopic (exact) mass is 222 g/mol. The maximum absolute atomic E-state index is 5.76. The molecule has 1 aliphatic rings. The van der Waals surface area contributed by atoms with Crippen molar-refractivity contribution in [2.75, 3.05) is 13.7 Å². The minimum Gasteiger partial charge on any atom is -0.331 e. The van der Waals surface area contributed by atoms with Gasteiger partial charge in [0.25, 0.3) is 5.97 Å². The Morgan fingerprint density at radius 3 is 2.69 bits per heavy atom. The van der Waals surface area contributed by atoms with Gasteiger partial charge < -0.3 is 14.2 Å². The zero-order valence-electron chi connectivity index (χ0n) is 9.65. The van der Waals surface area contributed by atoms with Crippen molar-refractivity contribution in [1.82, 2.24) is 0 Å². The van der Waals surface area contributed by atoms with E-state index in [0.717, 1.165) is 24.8 Å². The van der Waals surface area contributed by atoms with E-state index in [-0.39, 0.29) is 0 Å². The van der Waals surface area contributed by atoms with Crippen LogP contribution in [-0.2, 0) is 20.8 Å². The van der Waals surface area contributed by atoms with E-state index in [9.17, 15) is 0 Å². The van der Waals surface area contributed by atoms with E-state index in [0.29, 0.717) is 13.2 Å². The van der Waals surface area contributed by atoms with E-state index in [1.807, 2.05) is 30.3 Å². The lowest BCUT2D eigenvalue weighted by Gasteiger charge is -2.35. The fraction of sp³-hybridized carbons (Fsp3) is 0.538. The van der Waals surface area contributed by atoms with Crippen LogP contribution in [0.3, 0.4) is 0 Å². The van der Waals surface area contributed by atoms with Gasteiger partial charge in [-0.3, -0.25) is 0 Å². The summed E-state index contributed by atoms with van der Waals surface area (Å²) >= 11 is 0. The van der Waals surface area contributed by atoms with Gasteiger partial charge in [0.1, 0.15) is 0 Å². The van der Waals surface area contributed by atoms with Crippen LogP contribution in [-0.4, -0.2) is 19.7 Å². The van der Waals surface area contributed by atoms with Gasteiger partial charge in [0, 0.05) is 13.5 Å². The number of rotatable bonds is 4. The molecule has 0 N–H and O–H groups in total. The Bertz CT molecular complexity index is 304. The molecule has 1 aliphatic heterocycles. The second-order valence-electron chi connectivity index (χ2n) is 3.97. The molecule has 1 saturated heterocycles. The first kappa shape index (κ1) is 11.6. The molecule has 1 atom stereocenters. The second kappa shape index (κ2) is 5.43. The maximum Gasteiger partial charge on any atom is 0.282 e. The molecule has 0 saturated carbocycles. The van der Waals surface area contributed by atoms with Gasteiger partial charge in [-0.2, -0.15) is 0 Å². The molecule has 1 aromatic carbocycles. The maximum atomic E-state index is 5.76. The lowest BCUT2D eigenvalue weighted by molar-refractivity contribution is -0.388. The molecule has 1 heterocycles. The van der Waals surface area contributed by atoms with Gasteiger partial charge in [0.2, 0.25) is 0 Å². The predicted molar refractivity (Wildman–Crippen MR) is 60.8 cm³/mol. The molecule has 1 aromatic rings. The van der Waals surface area contributed by atoms with Crippen LogP contribution >= 0.6 is 0 Å². The van der Waals surface area contributed by atoms with Gasteiger partial charge in [0.05, 0.1) is 13.2 Å². The van der Waals surface area contributed by atoms with E-state index in [1.54, 1.807) is 7.11 Å². The number of benzene rings is 1. The molecule has 0 amide bonds. The third-order valence-electron chi connectivity index (χ3n) is 2.81. The highest BCUT2D eigenvalue weighted by atomic mass is 16.9. The summed E-state index contributed by atoms with van der Waals surface area (Å²) < 4.78 is 16.7. The zero-order chi connectivity index (χ0) is 11.3. The molecule has 0 bridgehead atoms. The second-order valence-corrected chi connectivity index (χ2v) is 3.97. The van der Waals surface area contributed by atoms with Crippen molar-refractivity contribution in [3.05, 3.63) is 35.9 Å². The van der Waals surface area contributed by atoms with Crippen molar-refractivity contribution in [2.24, 2.45) is 0 Å². The van der Waals surface area contributed by atoms with Crippen molar-refractivity contribution >= 4 is 0 Å². The van der Waals surface area contributed by atoms with Crippen molar-refractivity contribution in [3.8, 4) is 0 Å².